The van der Waals surface area contributed by atoms with Gasteiger partial charge < -0.3 is 23.4 Å². The zero-order valence-electron chi connectivity index (χ0n) is 20.0. The predicted molar refractivity (Wildman–Crippen MR) is 146 cm³/mol. The first-order valence-corrected chi connectivity index (χ1v) is 13.4. The van der Waals surface area contributed by atoms with E-state index < -0.39 is 12.0 Å². The predicted octanol–water partition coefficient (Wildman–Crippen LogP) is 3.78. The molecule has 0 saturated heterocycles. The molecule has 190 valence electrons. The molecule has 4 rings (SSSR count). The smallest absolute Gasteiger partial charge is 0.338 e. The minimum atomic E-state index is -0.834. The summed E-state index contributed by atoms with van der Waals surface area (Å²) in [4.78, 5) is 31.9. The number of rotatable bonds is 7. The summed E-state index contributed by atoms with van der Waals surface area (Å²) in [6.07, 6.45) is 1.66. The van der Waals surface area contributed by atoms with Gasteiger partial charge in [-0.05, 0) is 53.5 Å². The fraction of sp³-hybridized carbons (Fsp3) is 0.292. The molecule has 0 N–H and O–H groups in total. The van der Waals surface area contributed by atoms with Crippen molar-refractivity contribution < 1.29 is 28.2 Å². The summed E-state index contributed by atoms with van der Waals surface area (Å²) in [5, 5.41) is 0. The number of furan rings is 1. The van der Waals surface area contributed by atoms with Crippen molar-refractivity contribution in [3.05, 3.63) is 68.7 Å². The summed E-state index contributed by atoms with van der Waals surface area (Å²) in [6, 6.07) is 4.38. The summed E-state index contributed by atoms with van der Waals surface area (Å²) in [7, 11) is 4.51. The average molecular weight is 689 g/mol. The molecular formula is C24H22BrIN2O7S. The second-order valence-corrected chi connectivity index (χ2v) is 10.4. The monoisotopic (exact) mass is 688 g/mol. The van der Waals surface area contributed by atoms with Gasteiger partial charge in [0.25, 0.3) is 5.56 Å². The van der Waals surface area contributed by atoms with E-state index in [1.54, 1.807) is 38.1 Å². The largest absolute Gasteiger partial charge is 0.493 e. The maximum atomic E-state index is 13.7. The summed E-state index contributed by atoms with van der Waals surface area (Å²) in [6.45, 7) is 3.62. The molecule has 1 atom stereocenters. The van der Waals surface area contributed by atoms with Gasteiger partial charge in [-0.15, -0.1) is 0 Å². The number of ether oxygens (including phenoxy) is 4. The number of methoxy groups -OCH3 is 3. The van der Waals surface area contributed by atoms with Crippen molar-refractivity contribution in [2.45, 2.75) is 19.9 Å². The van der Waals surface area contributed by atoms with Crippen LogP contribution in [0.25, 0.3) is 6.08 Å². The van der Waals surface area contributed by atoms with Gasteiger partial charge in [0, 0.05) is 28.7 Å². The molecule has 1 aliphatic rings. The number of benzene rings is 1. The molecule has 0 fully saturated rings. The van der Waals surface area contributed by atoms with Crippen LogP contribution in [0.1, 0.15) is 31.2 Å². The number of carbonyl (C=O) groups is 1. The van der Waals surface area contributed by atoms with Gasteiger partial charge in [-0.2, -0.15) is 0 Å². The van der Waals surface area contributed by atoms with Crippen LogP contribution in [0.5, 0.6) is 17.2 Å². The van der Waals surface area contributed by atoms with E-state index in [0.717, 1.165) is 4.47 Å². The Kier molecular flexibility index (Phi) is 7.95. The Bertz CT molecular complexity index is 1510. The molecule has 0 spiro atoms. The average Bonchev–Trinajstić information content (AvgIpc) is 3.33. The normalized spacial score (nSPS) is 15.4. The van der Waals surface area contributed by atoms with Crippen molar-refractivity contribution in [1.82, 2.24) is 4.57 Å². The molecule has 12 heteroatoms. The van der Waals surface area contributed by atoms with E-state index in [4.69, 9.17) is 23.4 Å². The van der Waals surface area contributed by atoms with E-state index in [1.807, 2.05) is 0 Å². The standard InChI is InChI=1S/C24H22BrIN2O7S/c1-6-34-23(30)18-11(2)27-24-28(22(29)17(36-24)10-13-9-14(25)21(26)35-13)19(18)12-7-15(31-3)20(33-5)16(8-12)32-4/h7-10,19H,6H2,1-5H3/b17-10+/t19-/m0/s1. The van der Waals surface area contributed by atoms with Crippen LogP contribution in [0.15, 0.2) is 48.1 Å². The summed E-state index contributed by atoms with van der Waals surface area (Å²) in [5.41, 5.74) is 0.954. The Labute approximate surface area is 232 Å². The van der Waals surface area contributed by atoms with Gasteiger partial charge in [0.05, 0.1) is 54.3 Å². The Hall–Kier alpha value is -2.58. The van der Waals surface area contributed by atoms with Crippen molar-refractivity contribution in [3.63, 3.8) is 0 Å². The maximum Gasteiger partial charge on any atom is 0.338 e. The highest BCUT2D eigenvalue weighted by Crippen LogP contribution is 2.42. The lowest BCUT2D eigenvalue weighted by molar-refractivity contribution is -0.139. The summed E-state index contributed by atoms with van der Waals surface area (Å²) >= 11 is 6.68. The molecule has 3 aromatic rings. The van der Waals surface area contributed by atoms with Crippen molar-refractivity contribution in [3.8, 4) is 17.2 Å². The van der Waals surface area contributed by atoms with Crippen molar-refractivity contribution in [2.75, 3.05) is 27.9 Å². The molecule has 36 heavy (non-hydrogen) atoms. The lowest BCUT2D eigenvalue weighted by Gasteiger charge is -2.26. The molecule has 1 aromatic carbocycles. The molecule has 2 aromatic heterocycles. The van der Waals surface area contributed by atoms with Crippen LogP contribution in [0.4, 0.5) is 0 Å². The van der Waals surface area contributed by atoms with E-state index >= 15 is 0 Å². The molecule has 0 bridgehead atoms. The number of halogens is 2. The van der Waals surface area contributed by atoms with Gasteiger partial charge >= 0.3 is 5.97 Å². The first-order chi connectivity index (χ1) is 17.2. The highest BCUT2D eigenvalue weighted by atomic mass is 127. The number of hydrogen-bond acceptors (Lipinski definition) is 9. The van der Waals surface area contributed by atoms with Gasteiger partial charge in [-0.3, -0.25) is 9.36 Å². The van der Waals surface area contributed by atoms with Crippen LogP contribution in [0.3, 0.4) is 0 Å². The number of fused-ring (bicyclic) bond motifs is 1. The minimum Gasteiger partial charge on any atom is -0.493 e. The molecule has 0 radical (unpaired) electrons. The van der Waals surface area contributed by atoms with Crippen LogP contribution in [-0.2, 0) is 9.53 Å². The first-order valence-electron chi connectivity index (χ1n) is 10.7. The molecule has 0 aliphatic carbocycles. The van der Waals surface area contributed by atoms with Crippen LogP contribution in [0, 0.1) is 3.77 Å². The Balaban J connectivity index is 2.02. The quantitative estimate of drug-likeness (QED) is 0.275. The van der Waals surface area contributed by atoms with Crippen molar-refractivity contribution in [1.29, 1.82) is 0 Å². The third kappa shape index (κ3) is 4.73. The third-order valence-electron chi connectivity index (χ3n) is 5.46. The highest BCUT2D eigenvalue weighted by Gasteiger charge is 2.34. The lowest BCUT2D eigenvalue weighted by atomic mass is 9.95. The number of esters is 1. The Morgan fingerprint density at radius 3 is 2.42 bits per heavy atom. The Morgan fingerprint density at radius 2 is 1.89 bits per heavy atom. The fourth-order valence-corrected chi connectivity index (χ4v) is 5.67. The van der Waals surface area contributed by atoms with Gasteiger partial charge in [0.15, 0.2) is 20.1 Å². The van der Waals surface area contributed by atoms with Gasteiger partial charge in [-0.25, -0.2) is 9.79 Å². The van der Waals surface area contributed by atoms with Gasteiger partial charge in [-0.1, -0.05) is 11.3 Å². The number of nitrogens with zero attached hydrogens (tertiary/aromatic N) is 2. The van der Waals surface area contributed by atoms with Gasteiger partial charge in [0.1, 0.15) is 5.76 Å². The fourth-order valence-electron chi connectivity index (χ4n) is 3.93. The SMILES string of the molecule is CCOC(=O)C1=C(C)N=c2s/c(=C/c3cc(Br)c(I)o3)c(=O)n2[C@H]1c1cc(OC)c(OC)c(OC)c1. The molecule has 9 nitrogen and oxygen atoms in total. The Morgan fingerprint density at radius 1 is 1.22 bits per heavy atom. The van der Waals surface area contributed by atoms with E-state index in [0.29, 0.717) is 47.4 Å². The molecule has 1 aliphatic heterocycles. The second kappa shape index (κ2) is 10.8. The van der Waals surface area contributed by atoms with Crippen LogP contribution in [-0.4, -0.2) is 38.5 Å². The number of thiazole rings is 1. The molecule has 0 saturated carbocycles. The summed E-state index contributed by atoms with van der Waals surface area (Å²) in [5.74, 6) is 1.13. The maximum absolute atomic E-state index is 13.7. The van der Waals surface area contributed by atoms with Crippen molar-refractivity contribution >= 4 is 61.9 Å². The topological polar surface area (TPSA) is 101 Å². The first kappa shape index (κ1) is 26.5. The number of hydrogen-bond donors (Lipinski definition) is 0. The zero-order valence-corrected chi connectivity index (χ0v) is 24.6. The van der Waals surface area contributed by atoms with E-state index in [1.165, 1.54) is 37.2 Å². The van der Waals surface area contributed by atoms with Gasteiger partial charge in [0.2, 0.25) is 5.75 Å². The van der Waals surface area contributed by atoms with E-state index in [-0.39, 0.29) is 17.7 Å². The van der Waals surface area contributed by atoms with Crippen molar-refractivity contribution in [2.24, 2.45) is 4.99 Å². The van der Waals surface area contributed by atoms with Crippen LogP contribution < -0.4 is 29.1 Å². The summed E-state index contributed by atoms with van der Waals surface area (Å²) < 4.78 is 30.9. The molecule has 0 amide bonds. The van der Waals surface area contributed by atoms with Crippen LogP contribution in [0.2, 0.25) is 0 Å². The zero-order chi connectivity index (χ0) is 26.1. The second-order valence-electron chi connectivity index (χ2n) is 7.53. The lowest BCUT2D eigenvalue weighted by Crippen LogP contribution is -2.40. The number of aromatic nitrogens is 1. The molecule has 0 unspecified atom stereocenters. The van der Waals surface area contributed by atoms with Crippen LogP contribution >= 0.6 is 49.9 Å². The minimum absolute atomic E-state index is 0.175. The van der Waals surface area contributed by atoms with E-state index in [2.05, 4.69) is 43.5 Å². The number of allylic oxidation sites excluding steroid dienone is 1. The highest BCUT2D eigenvalue weighted by molar-refractivity contribution is 14.1. The number of carbonyl (C=O) groups excluding carboxylic acids is 1. The molecule has 3 heterocycles. The molecular weight excluding hydrogens is 667 g/mol. The van der Waals surface area contributed by atoms with E-state index in [9.17, 15) is 9.59 Å². The third-order valence-corrected chi connectivity index (χ3v) is 8.57.